The van der Waals surface area contributed by atoms with Gasteiger partial charge in [0, 0.05) is 5.69 Å². The lowest BCUT2D eigenvalue weighted by molar-refractivity contribution is 0.0949. The zero-order chi connectivity index (χ0) is 15.9. The summed E-state index contributed by atoms with van der Waals surface area (Å²) >= 11 is 1.64. The second kappa shape index (κ2) is 7.77. The molecule has 0 amide bonds. The Morgan fingerprint density at radius 1 is 1.36 bits per heavy atom. The maximum absolute atomic E-state index is 12.1. The second-order valence-corrected chi connectivity index (χ2v) is 5.72. The molecule has 2 rings (SSSR count). The van der Waals surface area contributed by atoms with E-state index in [1.807, 2.05) is 36.6 Å². The van der Waals surface area contributed by atoms with Crippen molar-refractivity contribution in [2.24, 2.45) is 5.73 Å². The van der Waals surface area contributed by atoms with Crippen LogP contribution in [0.2, 0.25) is 0 Å². The van der Waals surface area contributed by atoms with Gasteiger partial charge in [-0.3, -0.25) is 4.79 Å². The van der Waals surface area contributed by atoms with Gasteiger partial charge in [-0.2, -0.15) is 11.8 Å². The maximum Gasteiger partial charge on any atom is 0.216 e. The van der Waals surface area contributed by atoms with Crippen molar-refractivity contribution in [3.63, 3.8) is 0 Å². The number of nitrogens with two attached hydrogens (primary N) is 2. The Bertz CT molecular complexity index is 635. The highest BCUT2D eigenvalue weighted by atomic mass is 32.2. The van der Waals surface area contributed by atoms with E-state index in [4.69, 9.17) is 11.5 Å². The van der Waals surface area contributed by atoms with Crippen molar-refractivity contribution in [2.45, 2.75) is 12.5 Å². The Morgan fingerprint density at radius 2 is 2.09 bits per heavy atom. The van der Waals surface area contributed by atoms with Crippen LogP contribution in [0.15, 0.2) is 36.5 Å². The number of carbonyl (C=O) groups excluding carboxylic acids is 1. The maximum atomic E-state index is 12.1. The van der Waals surface area contributed by atoms with Crippen LogP contribution < -0.4 is 16.8 Å². The van der Waals surface area contributed by atoms with Gasteiger partial charge in [0.2, 0.25) is 5.78 Å². The topological polar surface area (TPSA) is 107 Å². The Hall–Kier alpha value is -2.12. The summed E-state index contributed by atoms with van der Waals surface area (Å²) in [6.07, 6.45) is 4.06. The first-order valence-electron chi connectivity index (χ1n) is 6.85. The smallest absolute Gasteiger partial charge is 0.216 e. The van der Waals surface area contributed by atoms with Crippen molar-refractivity contribution in [1.29, 1.82) is 0 Å². The minimum atomic E-state index is -0.597. The standard InChI is InChI=1S/C15H19N5OS/c1-22-8-7-11(16)13(21)15-18-9-12(14(17)20-15)19-10-5-3-2-4-6-10/h2-6,9,11,19H,7-8,16H2,1H3,(H2,17,18,20). The van der Waals surface area contributed by atoms with Crippen LogP contribution in [-0.4, -0.2) is 33.8 Å². The summed E-state index contributed by atoms with van der Waals surface area (Å²) in [6, 6.07) is 8.93. The van der Waals surface area contributed by atoms with Gasteiger partial charge in [-0.25, -0.2) is 9.97 Å². The van der Waals surface area contributed by atoms with Crippen molar-refractivity contribution < 1.29 is 4.79 Å². The third-order valence-corrected chi connectivity index (χ3v) is 3.71. The van der Waals surface area contributed by atoms with Gasteiger partial charge in [-0.1, -0.05) is 18.2 Å². The molecular formula is C15H19N5OS. The number of Topliss-reactive ketones (excluding diaryl/α,β-unsaturated/α-hetero) is 1. The van der Waals surface area contributed by atoms with Gasteiger partial charge in [-0.05, 0) is 30.6 Å². The van der Waals surface area contributed by atoms with Gasteiger partial charge in [-0.15, -0.1) is 0 Å². The lowest BCUT2D eigenvalue weighted by atomic mass is 10.1. The van der Waals surface area contributed by atoms with Gasteiger partial charge in [0.25, 0.3) is 0 Å². The summed E-state index contributed by atoms with van der Waals surface area (Å²) in [5.74, 6) is 0.812. The van der Waals surface area contributed by atoms with Gasteiger partial charge in [0.05, 0.1) is 17.9 Å². The van der Waals surface area contributed by atoms with Gasteiger partial charge in [0.15, 0.2) is 11.6 Å². The zero-order valence-corrected chi connectivity index (χ0v) is 13.1. The van der Waals surface area contributed by atoms with Gasteiger partial charge >= 0.3 is 0 Å². The molecule has 2 aromatic rings. The minimum Gasteiger partial charge on any atom is -0.382 e. The first-order valence-corrected chi connectivity index (χ1v) is 8.24. The molecule has 1 unspecified atom stereocenters. The summed E-state index contributed by atoms with van der Waals surface area (Å²) in [5, 5.41) is 3.11. The van der Waals surface area contributed by atoms with Crippen LogP contribution >= 0.6 is 11.8 Å². The van der Waals surface area contributed by atoms with Gasteiger partial charge in [0.1, 0.15) is 0 Å². The quantitative estimate of drug-likeness (QED) is 0.671. The number of hydrogen-bond donors (Lipinski definition) is 3. The monoisotopic (exact) mass is 317 g/mol. The number of nitrogens with zero attached hydrogens (tertiary/aromatic N) is 2. The largest absolute Gasteiger partial charge is 0.382 e. The highest BCUT2D eigenvalue weighted by Gasteiger charge is 2.19. The van der Waals surface area contributed by atoms with Crippen molar-refractivity contribution in [1.82, 2.24) is 9.97 Å². The van der Waals surface area contributed by atoms with E-state index in [2.05, 4.69) is 15.3 Å². The number of anilines is 3. The SMILES string of the molecule is CSCCC(N)C(=O)c1ncc(Nc2ccccc2)c(N)n1. The summed E-state index contributed by atoms with van der Waals surface area (Å²) in [6.45, 7) is 0. The summed E-state index contributed by atoms with van der Waals surface area (Å²) in [5.41, 5.74) is 13.2. The van der Waals surface area contributed by atoms with Crippen molar-refractivity contribution in [2.75, 3.05) is 23.1 Å². The number of aromatic nitrogens is 2. The Kier molecular flexibility index (Phi) is 5.74. The van der Waals surface area contributed by atoms with Crippen molar-refractivity contribution in [3.8, 4) is 0 Å². The molecule has 1 aromatic heterocycles. The minimum absolute atomic E-state index is 0.0599. The number of benzene rings is 1. The highest BCUT2D eigenvalue weighted by molar-refractivity contribution is 7.98. The number of nitrogen functional groups attached to an aromatic ring is 1. The molecule has 0 aliphatic carbocycles. The first kappa shape index (κ1) is 16.3. The average molecular weight is 317 g/mol. The fourth-order valence-electron chi connectivity index (χ4n) is 1.83. The lowest BCUT2D eigenvalue weighted by Crippen LogP contribution is -2.32. The number of nitrogens with one attached hydrogen (secondary N) is 1. The van der Waals surface area contributed by atoms with Crippen LogP contribution in [0, 0.1) is 0 Å². The number of para-hydroxylation sites is 1. The summed E-state index contributed by atoms with van der Waals surface area (Å²) in [4.78, 5) is 20.3. The van der Waals surface area contributed by atoms with E-state index < -0.39 is 6.04 Å². The Morgan fingerprint density at radius 3 is 2.73 bits per heavy atom. The molecular weight excluding hydrogens is 298 g/mol. The van der Waals surface area contributed by atoms with Crippen molar-refractivity contribution in [3.05, 3.63) is 42.4 Å². The fraction of sp³-hybridized carbons (Fsp3) is 0.267. The first-order chi connectivity index (χ1) is 10.6. The normalized spacial score (nSPS) is 11.9. The van der Waals surface area contributed by atoms with Crippen LogP contribution in [0.3, 0.4) is 0 Å². The molecule has 1 atom stereocenters. The molecule has 0 spiro atoms. The molecule has 0 saturated heterocycles. The van der Waals surface area contributed by atoms with E-state index in [9.17, 15) is 4.79 Å². The third-order valence-electron chi connectivity index (χ3n) is 3.06. The number of thioether (sulfide) groups is 1. The van der Waals surface area contributed by atoms with Crippen LogP contribution in [0.4, 0.5) is 17.2 Å². The van der Waals surface area contributed by atoms with Crippen molar-refractivity contribution >= 4 is 34.7 Å². The summed E-state index contributed by atoms with van der Waals surface area (Å²) in [7, 11) is 0. The van der Waals surface area contributed by atoms with E-state index >= 15 is 0 Å². The van der Waals surface area contributed by atoms with Crippen LogP contribution in [0.25, 0.3) is 0 Å². The fourth-order valence-corrected chi connectivity index (χ4v) is 2.32. The highest BCUT2D eigenvalue weighted by Crippen LogP contribution is 2.20. The summed E-state index contributed by atoms with van der Waals surface area (Å²) < 4.78 is 0. The predicted octanol–water partition coefficient (Wildman–Crippen LogP) is 2.07. The molecule has 0 fully saturated rings. The van der Waals surface area contributed by atoms with E-state index in [0.29, 0.717) is 12.1 Å². The molecule has 0 bridgehead atoms. The third kappa shape index (κ3) is 4.19. The Labute approximate surface area is 133 Å². The number of ketones is 1. The number of hydrogen-bond acceptors (Lipinski definition) is 7. The van der Waals surface area contributed by atoms with E-state index in [1.165, 1.54) is 6.20 Å². The molecule has 0 aliphatic heterocycles. The van der Waals surface area contributed by atoms with E-state index in [-0.39, 0.29) is 17.4 Å². The number of rotatable bonds is 7. The van der Waals surface area contributed by atoms with Crippen LogP contribution in [0.1, 0.15) is 17.0 Å². The molecule has 22 heavy (non-hydrogen) atoms. The molecule has 0 aliphatic rings. The van der Waals surface area contributed by atoms with E-state index in [0.717, 1.165) is 11.4 Å². The Balaban J connectivity index is 2.10. The molecule has 7 heteroatoms. The van der Waals surface area contributed by atoms with Crippen LogP contribution in [0.5, 0.6) is 0 Å². The number of carbonyl (C=O) groups is 1. The average Bonchev–Trinajstić information content (AvgIpc) is 2.54. The zero-order valence-electron chi connectivity index (χ0n) is 12.3. The van der Waals surface area contributed by atoms with Crippen LogP contribution in [-0.2, 0) is 0 Å². The lowest BCUT2D eigenvalue weighted by Gasteiger charge is -2.11. The van der Waals surface area contributed by atoms with Gasteiger partial charge < -0.3 is 16.8 Å². The molecule has 1 heterocycles. The second-order valence-electron chi connectivity index (χ2n) is 4.74. The molecule has 116 valence electrons. The predicted molar refractivity (Wildman–Crippen MR) is 91.5 cm³/mol. The van der Waals surface area contributed by atoms with E-state index in [1.54, 1.807) is 11.8 Å². The molecule has 0 radical (unpaired) electrons. The molecule has 0 saturated carbocycles. The molecule has 5 N–H and O–H groups in total. The molecule has 1 aromatic carbocycles. The molecule has 6 nitrogen and oxygen atoms in total.